The number of likely N-dealkylation sites (tertiary alicyclic amines) is 1. The zero-order chi connectivity index (χ0) is 18.7. The van der Waals surface area contributed by atoms with E-state index < -0.39 is 0 Å². The van der Waals surface area contributed by atoms with Gasteiger partial charge in [-0.15, -0.1) is 0 Å². The number of hydrogen-bond donors (Lipinski definition) is 1. The van der Waals surface area contributed by atoms with Gasteiger partial charge < -0.3 is 19.7 Å². The largest absolute Gasteiger partial charge is 0.486 e. The molecule has 0 spiro atoms. The normalized spacial score (nSPS) is 19.8. The van der Waals surface area contributed by atoms with Crippen LogP contribution >= 0.6 is 0 Å². The Kier molecular flexibility index (Phi) is 5.39. The van der Waals surface area contributed by atoms with Crippen molar-refractivity contribution in [3.05, 3.63) is 23.8 Å². The SMILES string of the molecule is CC(=O)N1CCCC(C(=O)NCC(C)(C)c2ccc3c(c2)OCCO3)C1. The Bertz CT molecular complexity index is 686. The number of benzene rings is 1. The van der Waals surface area contributed by atoms with E-state index in [4.69, 9.17) is 9.47 Å². The van der Waals surface area contributed by atoms with Gasteiger partial charge in [0, 0.05) is 32.0 Å². The van der Waals surface area contributed by atoms with E-state index in [0.717, 1.165) is 36.4 Å². The second kappa shape index (κ2) is 7.56. The number of ether oxygens (including phenoxy) is 2. The van der Waals surface area contributed by atoms with Gasteiger partial charge in [-0.1, -0.05) is 19.9 Å². The molecule has 142 valence electrons. The zero-order valence-electron chi connectivity index (χ0n) is 15.8. The molecule has 1 atom stereocenters. The first-order valence-electron chi connectivity index (χ1n) is 9.30. The number of piperidine rings is 1. The minimum Gasteiger partial charge on any atom is -0.486 e. The van der Waals surface area contributed by atoms with Crippen molar-refractivity contribution in [1.29, 1.82) is 0 Å². The van der Waals surface area contributed by atoms with Crippen LogP contribution in [0, 0.1) is 5.92 Å². The minimum absolute atomic E-state index is 0.0292. The van der Waals surface area contributed by atoms with Gasteiger partial charge in [0.15, 0.2) is 11.5 Å². The standard InChI is InChI=1S/C20H28N2O4/c1-14(23)22-8-4-5-15(12-22)19(24)21-13-20(2,3)16-6-7-17-18(11-16)26-10-9-25-17/h6-7,11,15H,4-5,8-10,12-13H2,1-3H3,(H,21,24). The number of nitrogens with one attached hydrogen (secondary N) is 1. The van der Waals surface area contributed by atoms with Crippen LogP contribution in [0.25, 0.3) is 0 Å². The Labute approximate surface area is 154 Å². The van der Waals surface area contributed by atoms with E-state index in [-0.39, 0.29) is 23.1 Å². The molecule has 0 aliphatic carbocycles. The molecular formula is C20H28N2O4. The number of fused-ring (bicyclic) bond motifs is 1. The summed E-state index contributed by atoms with van der Waals surface area (Å²) in [6.45, 7) is 8.69. The Morgan fingerprint density at radius 1 is 1.23 bits per heavy atom. The first-order chi connectivity index (χ1) is 12.4. The molecule has 26 heavy (non-hydrogen) atoms. The minimum atomic E-state index is -0.236. The maximum atomic E-state index is 12.6. The Morgan fingerprint density at radius 3 is 2.69 bits per heavy atom. The summed E-state index contributed by atoms with van der Waals surface area (Å²) in [4.78, 5) is 25.9. The number of rotatable bonds is 4. The van der Waals surface area contributed by atoms with Gasteiger partial charge >= 0.3 is 0 Å². The van der Waals surface area contributed by atoms with E-state index >= 15 is 0 Å². The van der Waals surface area contributed by atoms with Crippen LogP contribution in [0.5, 0.6) is 11.5 Å². The summed E-state index contributed by atoms with van der Waals surface area (Å²) in [5.41, 5.74) is 0.858. The molecule has 2 amide bonds. The third-order valence-corrected chi connectivity index (χ3v) is 5.27. The van der Waals surface area contributed by atoms with Gasteiger partial charge in [-0.25, -0.2) is 0 Å². The van der Waals surface area contributed by atoms with Crippen LogP contribution in [0.2, 0.25) is 0 Å². The molecule has 6 heteroatoms. The smallest absolute Gasteiger partial charge is 0.224 e. The lowest BCUT2D eigenvalue weighted by Crippen LogP contribution is -2.46. The van der Waals surface area contributed by atoms with E-state index in [1.165, 1.54) is 0 Å². The fourth-order valence-corrected chi connectivity index (χ4v) is 3.50. The van der Waals surface area contributed by atoms with E-state index in [1.807, 2.05) is 18.2 Å². The lowest BCUT2D eigenvalue weighted by atomic mass is 9.84. The number of nitrogens with zero attached hydrogens (tertiary/aromatic N) is 1. The summed E-state index contributed by atoms with van der Waals surface area (Å²) in [5.74, 6) is 1.48. The average Bonchev–Trinajstić information content (AvgIpc) is 2.65. The topological polar surface area (TPSA) is 67.9 Å². The van der Waals surface area contributed by atoms with Gasteiger partial charge in [0.2, 0.25) is 11.8 Å². The van der Waals surface area contributed by atoms with E-state index in [0.29, 0.717) is 26.3 Å². The van der Waals surface area contributed by atoms with E-state index in [1.54, 1.807) is 11.8 Å². The van der Waals surface area contributed by atoms with Crippen LogP contribution < -0.4 is 14.8 Å². The molecule has 1 aromatic carbocycles. The summed E-state index contributed by atoms with van der Waals surface area (Å²) in [6.07, 6.45) is 1.71. The summed E-state index contributed by atoms with van der Waals surface area (Å²) >= 11 is 0. The molecule has 2 aliphatic rings. The van der Waals surface area contributed by atoms with Gasteiger partial charge in [0.1, 0.15) is 13.2 Å². The molecule has 0 aromatic heterocycles. The molecule has 1 N–H and O–H groups in total. The van der Waals surface area contributed by atoms with Crippen LogP contribution in [0.15, 0.2) is 18.2 Å². The molecule has 1 unspecified atom stereocenters. The highest BCUT2D eigenvalue weighted by molar-refractivity contribution is 5.80. The number of hydrogen-bond acceptors (Lipinski definition) is 4. The van der Waals surface area contributed by atoms with Gasteiger partial charge in [0.25, 0.3) is 0 Å². The van der Waals surface area contributed by atoms with E-state index in [2.05, 4.69) is 19.2 Å². The fourth-order valence-electron chi connectivity index (χ4n) is 3.50. The van der Waals surface area contributed by atoms with Crippen LogP contribution in [0.3, 0.4) is 0 Å². The first-order valence-corrected chi connectivity index (χ1v) is 9.30. The summed E-state index contributed by atoms with van der Waals surface area (Å²) in [5, 5.41) is 3.08. The molecule has 2 aliphatic heterocycles. The van der Waals surface area contributed by atoms with Gasteiger partial charge in [-0.05, 0) is 30.5 Å². The number of carbonyl (C=O) groups excluding carboxylic acids is 2. The Balaban J connectivity index is 1.61. The van der Waals surface area contributed by atoms with Crippen molar-refractivity contribution < 1.29 is 19.1 Å². The van der Waals surface area contributed by atoms with Crippen LogP contribution in [-0.2, 0) is 15.0 Å². The maximum absolute atomic E-state index is 12.6. The summed E-state index contributed by atoms with van der Waals surface area (Å²) in [6, 6.07) is 5.95. The fraction of sp³-hybridized carbons (Fsp3) is 0.600. The zero-order valence-corrected chi connectivity index (χ0v) is 15.8. The predicted molar refractivity (Wildman–Crippen MR) is 98.4 cm³/mol. The van der Waals surface area contributed by atoms with Gasteiger partial charge in [-0.3, -0.25) is 9.59 Å². The lowest BCUT2D eigenvalue weighted by Gasteiger charge is -2.33. The monoisotopic (exact) mass is 360 g/mol. The van der Waals surface area contributed by atoms with E-state index in [9.17, 15) is 9.59 Å². The van der Waals surface area contributed by atoms with Crippen molar-refractivity contribution in [2.45, 2.75) is 39.0 Å². The summed E-state index contributed by atoms with van der Waals surface area (Å²) in [7, 11) is 0. The summed E-state index contributed by atoms with van der Waals surface area (Å²) < 4.78 is 11.2. The van der Waals surface area contributed by atoms with Crippen molar-refractivity contribution in [1.82, 2.24) is 10.2 Å². The first kappa shape index (κ1) is 18.5. The van der Waals surface area contributed by atoms with Crippen molar-refractivity contribution >= 4 is 11.8 Å². The van der Waals surface area contributed by atoms with Crippen LogP contribution in [0.1, 0.15) is 39.2 Å². The average molecular weight is 360 g/mol. The lowest BCUT2D eigenvalue weighted by molar-refractivity contribution is -0.134. The molecule has 1 fully saturated rings. The molecule has 1 aromatic rings. The molecule has 0 bridgehead atoms. The van der Waals surface area contributed by atoms with Crippen LogP contribution in [0.4, 0.5) is 0 Å². The molecule has 6 nitrogen and oxygen atoms in total. The number of amides is 2. The highest BCUT2D eigenvalue weighted by Gasteiger charge is 2.29. The third kappa shape index (κ3) is 4.11. The number of carbonyl (C=O) groups is 2. The molecule has 3 rings (SSSR count). The second-order valence-corrected chi connectivity index (χ2v) is 7.76. The third-order valence-electron chi connectivity index (χ3n) is 5.27. The van der Waals surface area contributed by atoms with Gasteiger partial charge in [-0.2, -0.15) is 0 Å². The molecule has 1 saturated heterocycles. The molecular weight excluding hydrogens is 332 g/mol. The predicted octanol–water partition coefficient (Wildman–Crippen LogP) is 2.11. The molecule has 0 saturated carbocycles. The van der Waals surface area contributed by atoms with Crippen LogP contribution in [-0.4, -0.2) is 49.6 Å². The van der Waals surface area contributed by atoms with Gasteiger partial charge in [0.05, 0.1) is 5.92 Å². The Hall–Kier alpha value is -2.24. The van der Waals surface area contributed by atoms with Crippen molar-refractivity contribution in [3.8, 4) is 11.5 Å². The maximum Gasteiger partial charge on any atom is 0.224 e. The highest BCUT2D eigenvalue weighted by Crippen LogP contribution is 2.35. The van der Waals surface area contributed by atoms with Crippen molar-refractivity contribution in [3.63, 3.8) is 0 Å². The van der Waals surface area contributed by atoms with Crippen molar-refractivity contribution in [2.75, 3.05) is 32.8 Å². The Morgan fingerprint density at radius 2 is 1.96 bits per heavy atom. The highest BCUT2D eigenvalue weighted by atomic mass is 16.6. The molecule has 0 radical (unpaired) electrons. The molecule has 2 heterocycles. The second-order valence-electron chi connectivity index (χ2n) is 7.76. The quantitative estimate of drug-likeness (QED) is 0.893. The van der Waals surface area contributed by atoms with Crippen molar-refractivity contribution in [2.24, 2.45) is 5.92 Å².